The van der Waals surface area contributed by atoms with E-state index in [1.165, 1.54) is 5.69 Å². The molecule has 5 heteroatoms. The zero-order chi connectivity index (χ0) is 14.8. The van der Waals surface area contributed by atoms with Crippen molar-refractivity contribution >= 4 is 5.91 Å². The number of aromatic nitrogens is 2. The zero-order valence-electron chi connectivity index (χ0n) is 12.3. The molecule has 1 N–H and O–H groups in total. The summed E-state index contributed by atoms with van der Waals surface area (Å²) >= 11 is 0. The SMILES string of the molecule is COc1ccc(C(=O)NC2CCn3cncc3C2)cc1C. The number of carbonyl (C=O) groups excluding carboxylic acids is 1. The van der Waals surface area contributed by atoms with Crippen LogP contribution >= 0.6 is 0 Å². The molecule has 3 rings (SSSR count). The van der Waals surface area contributed by atoms with Gasteiger partial charge in [0.05, 0.1) is 13.4 Å². The van der Waals surface area contributed by atoms with Crippen molar-refractivity contribution in [3.8, 4) is 5.75 Å². The van der Waals surface area contributed by atoms with Crippen LogP contribution in [0.2, 0.25) is 0 Å². The Morgan fingerprint density at radius 3 is 3.10 bits per heavy atom. The van der Waals surface area contributed by atoms with Crippen molar-refractivity contribution in [2.24, 2.45) is 0 Å². The molecule has 0 radical (unpaired) electrons. The Labute approximate surface area is 124 Å². The molecule has 1 unspecified atom stereocenters. The standard InChI is InChI=1S/C16H19N3O2/c1-11-7-12(3-4-15(11)21-2)16(20)18-13-5-6-19-10-17-9-14(19)8-13/h3-4,7,9-10,13H,5-6,8H2,1-2H3,(H,18,20). The van der Waals surface area contributed by atoms with Gasteiger partial charge in [0.15, 0.2) is 0 Å². The summed E-state index contributed by atoms with van der Waals surface area (Å²) in [5, 5.41) is 3.11. The highest BCUT2D eigenvalue weighted by atomic mass is 16.5. The van der Waals surface area contributed by atoms with Crippen molar-refractivity contribution < 1.29 is 9.53 Å². The lowest BCUT2D eigenvalue weighted by atomic mass is 10.0. The molecule has 0 saturated carbocycles. The minimum atomic E-state index is -0.0290. The molecule has 2 aromatic rings. The van der Waals surface area contributed by atoms with E-state index >= 15 is 0 Å². The van der Waals surface area contributed by atoms with E-state index in [2.05, 4.69) is 14.9 Å². The molecule has 1 amide bonds. The Hall–Kier alpha value is -2.30. The lowest BCUT2D eigenvalue weighted by Gasteiger charge is -2.24. The molecule has 1 atom stereocenters. The second-order valence-corrected chi connectivity index (χ2v) is 5.43. The van der Waals surface area contributed by atoms with Crippen LogP contribution in [0.25, 0.3) is 0 Å². The zero-order valence-corrected chi connectivity index (χ0v) is 12.3. The van der Waals surface area contributed by atoms with Crippen molar-refractivity contribution in [2.75, 3.05) is 7.11 Å². The molecule has 5 nitrogen and oxygen atoms in total. The van der Waals surface area contributed by atoms with E-state index in [1.54, 1.807) is 13.2 Å². The number of hydrogen-bond acceptors (Lipinski definition) is 3. The van der Waals surface area contributed by atoms with Crippen molar-refractivity contribution in [3.63, 3.8) is 0 Å². The molecular weight excluding hydrogens is 266 g/mol. The third kappa shape index (κ3) is 2.77. The van der Waals surface area contributed by atoms with E-state index < -0.39 is 0 Å². The number of rotatable bonds is 3. The van der Waals surface area contributed by atoms with Gasteiger partial charge in [0, 0.05) is 36.5 Å². The largest absolute Gasteiger partial charge is 0.496 e. The van der Waals surface area contributed by atoms with Crippen LogP contribution in [0.4, 0.5) is 0 Å². The molecule has 21 heavy (non-hydrogen) atoms. The molecule has 1 aromatic carbocycles. The summed E-state index contributed by atoms with van der Waals surface area (Å²) in [5.74, 6) is 0.770. The summed E-state index contributed by atoms with van der Waals surface area (Å²) in [6.07, 6.45) is 5.49. The predicted octanol–water partition coefficient (Wildman–Crippen LogP) is 1.94. The number of ether oxygens (including phenoxy) is 1. The number of aryl methyl sites for hydroxylation is 2. The normalized spacial score (nSPS) is 17.1. The molecule has 1 aliphatic rings. The summed E-state index contributed by atoms with van der Waals surface area (Å²) in [6, 6.07) is 5.67. The molecule has 1 aromatic heterocycles. The summed E-state index contributed by atoms with van der Waals surface area (Å²) < 4.78 is 7.36. The second-order valence-electron chi connectivity index (χ2n) is 5.43. The fourth-order valence-electron chi connectivity index (χ4n) is 2.78. The third-order valence-electron chi connectivity index (χ3n) is 3.96. The van der Waals surface area contributed by atoms with Crippen molar-refractivity contribution in [1.29, 1.82) is 0 Å². The smallest absolute Gasteiger partial charge is 0.251 e. The minimum absolute atomic E-state index is 0.0290. The Morgan fingerprint density at radius 2 is 2.33 bits per heavy atom. The van der Waals surface area contributed by atoms with E-state index in [9.17, 15) is 4.79 Å². The first-order valence-electron chi connectivity index (χ1n) is 7.12. The van der Waals surface area contributed by atoms with E-state index in [4.69, 9.17) is 4.74 Å². The van der Waals surface area contributed by atoms with Crippen LogP contribution in [0, 0.1) is 6.92 Å². The minimum Gasteiger partial charge on any atom is -0.496 e. The van der Waals surface area contributed by atoms with Crippen molar-refractivity contribution in [1.82, 2.24) is 14.9 Å². The van der Waals surface area contributed by atoms with E-state index in [0.717, 1.165) is 30.7 Å². The molecule has 2 heterocycles. The molecule has 0 aliphatic carbocycles. The van der Waals surface area contributed by atoms with Gasteiger partial charge in [-0.3, -0.25) is 4.79 Å². The molecule has 1 aliphatic heterocycles. The lowest BCUT2D eigenvalue weighted by molar-refractivity contribution is 0.0931. The van der Waals surface area contributed by atoms with Gasteiger partial charge in [-0.1, -0.05) is 0 Å². The van der Waals surface area contributed by atoms with Crippen LogP contribution in [0.1, 0.15) is 28.0 Å². The quantitative estimate of drug-likeness (QED) is 0.937. The van der Waals surface area contributed by atoms with Gasteiger partial charge in [-0.05, 0) is 37.1 Å². The van der Waals surface area contributed by atoms with E-state index in [-0.39, 0.29) is 11.9 Å². The van der Waals surface area contributed by atoms with Gasteiger partial charge >= 0.3 is 0 Å². The van der Waals surface area contributed by atoms with Gasteiger partial charge in [0.25, 0.3) is 5.91 Å². The number of carbonyl (C=O) groups is 1. The Balaban J connectivity index is 1.68. The molecule has 110 valence electrons. The van der Waals surface area contributed by atoms with Gasteiger partial charge in [-0.2, -0.15) is 0 Å². The highest BCUT2D eigenvalue weighted by Gasteiger charge is 2.20. The Bertz CT molecular complexity index is 663. The van der Waals surface area contributed by atoms with Crippen molar-refractivity contribution in [2.45, 2.75) is 32.4 Å². The van der Waals surface area contributed by atoms with Crippen LogP contribution in [-0.4, -0.2) is 28.6 Å². The Morgan fingerprint density at radius 1 is 1.48 bits per heavy atom. The summed E-state index contributed by atoms with van der Waals surface area (Å²) in [5.41, 5.74) is 2.82. The fraction of sp³-hybridized carbons (Fsp3) is 0.375. The summed E-state index contributed by atoms with van der Waals surface area (Å²) in [7, 11) is 1.63. The average Bonchev–Trinajstić information content (AvgIpc) is 2.94. The predicted molar refractivity (Wildman–Crippen MR) is 79.5 cm³/mol. The van der Waals surface area contributed by atoms with Gasteiger partial charge in [0.2, 0.25) is 0 Å². The van der Waals surface area contributed by atoms with Gasteiger partial charge < -0.3 is 14.6 Å². The fourth-order valence-corrected chi connectivity index (χ4v) is 2.78. The number of nitrogens with one attached hydrogen (secondary N) is 1. The van der Waals surface area contributed by atoms with Crippen LogP contribution in [0.5, 0.6) is 5.75 Å². The maximum atomic E-state index is 12.3. The van der Waals surface area contributed by atoms with Crippen LogP contribution in [0.3, 0.4) is 0 Å². The molecule has 0 bridgehead atoms. The third-order valence-corrected chi connectivity index (χ3v) is 3.96. The number of nitrogens with zero attached hydrogens (tertiary/aromatic N) is 2. The first-order chi connectivity index (χ1) is 10.2. The molecule has 0 saturated heterocycles. The van der Waals surface area contributed by atoms with Gasteiger partial charge in [0.1, 0.15) is 5.75 Å². The number of benzene rings is 1. The maximum absolute atomic E-state index is 12.3. The molecular formula is C16H19N3O2. The molecule has 0 spiro atoms. The number of fused-ring (bicyclic) bond motifs is 1. The number of hydrogen-bond donors (Lipinski definition) is 1. The number of methoxy groups -OCH3 is 1. The first-order valence-corrected chi connectivity index (χ1v) is 7.12. The average molecular weight is 285 g/mol. The number of amides is 1. The Kier molecular flexibility index (Phi) is 3.64. The monoisotopic (exact) mass is 285 g/mol. The van der Waals surface area contributed by atoms with E-state index in [0.29, 0.717) is 5.56 Å². The molecule has 0 fully saturated rings. The van der Waals surface area contributed by atoms with Crippen molar-refractivity contribution in [3.05, 3.63) is 47.5 Å². The summed E-state index contributed by atoms with van der Waals surface area (Å²) in [6.45, 7) is 2.84. The first kappa shape index (κ1) is 13.7. The summed E-state index contributed by atoms with van der Waals surface area (Å²) in [4.78, 5) is 16.5. The highest BCUT2D eigenvalue weighted by molar-refractivity contribution is 5.94. The van der Waals surface area contributed by atoms with E-state index in [1.807, 2.05) is 31.6 Å². The second kappa shape index (κ2) is 5.60. The lowest BCUT2D eigenvalue weighted by Crippen LogP contribution is -2.39. The maximum Gasteiger partial charge on any atom is 0.251 e. The van der Waals surface area contributed by atoms with Gasteiger partial charge in [-0.25, -0.2) is 4.98 Å². The van der Waals surface area contributed by atoms with Gasteiger partial charge in [-0.15, -0.1) is 0 Å². The van der Waals surface area contributed by atoms with Crippen LogP contribution in [-0.2, 0) is 13.0 Å². The number of imidazole rings is 1. The highest BCUT2D eigenvalue weighted by Crippen LogP contribution is 2.19. The van der Waals surface area contributed by atoms with Crippen LogP contribution in [0.15, 0.2) is 30.7 Å². The van der Waals surface area contributed by atoms with Crippen LogP contribution < -0.4 is 10.1 Å². The topological polar surface area (TPSA) is 56.1 Å².